The predicted molar refractivity (Wildman–Crippen MR) is 127 cm³/mol. The number of nitrogens with zero attached hydrogens (tertiary/aromatic N) is 6. The third-order valence-corrected chi connectivity index (χ3v) is 6.04. The van der Waals surface area contributed by atoms with E-state index in [9.17, 15) is 9.90 Å². The molecule has 172 valence electrons. The summed E-state index contributed by atoms with van der Waals surface area (Å²) in [5.41, 5.74) is 3.75. The molecule has 0 aliphatic heterocycles. The van der Waals surface area contributed by atoms with Gasteiger partial charge in [0.1, 0.15) is 23.5 Å². The molecule has 1 aliphatic carbocycles. The molecule has 0 bridgehead atoms. The van der Waals surface area contributed by atoms with Crippen LogP contribution in [0.4, 0.5) is 5.82 Å². The summed E-state index contributed by atoms with van der Waals surface area (Å²) in [5.74, 6) is 1.10. The summed E-state index contributed by atoms with van der Waals surface area (Å²) in [6, 6.07) is 12.7. The fourth-order valence-corrected chi connectivity index (χ4v) is 3.70. The van der Waals surface area contributed by atoms with Gasteiger partial charge in [0.15, 0.2) is 5.82 Å². The number of hydrogen-bond acceptors (Lipinski definition) is 7. The lowest BCUT2D eigenvalue weighted by atomic mass is 10.1. The van der Waals surface area contributed by atoms with Crippen LogP contribution in [0.25, 0.3) is 22.6 Å². The minimum Gasteiger partial charge on any atom is -0.391 e. The molecule has 0 spiro atoms. The second-order valence-electron chi connectivity index (χ2n) is 8.58. The van der Waals surface area contributed by atoms with Crippen LogP contribution in [0.1, 0.15) is 54.8 Å². The first-order valence-corrected chi connectivity index (χ1v) is 11.3. The van der Waals surface area contributed by atoms with Gasteiger partial charge in [0, 0.05) is 29.6 Å². The molecule has 9 heteroatoms. The van der Waals surface area contributed by atoms with Gasteiger partial charge in [-0.1, -0.05) is 12.1 Å². The minimum atomic E-state index is -0.587. The molecule has 5 rings (SSSR count). The summed E-state index contributed by atoms with van der Waals surface area (Å²) in [4.78, 5) is 26.2. The van der Waals surface area contributed by atoms with Crippen molar-refractivity contribution in [3.05, 3.63) is 72.6 Å². The number of nitrogens with one attached hydrogen (secondary N) is 1. The maximum absolute atomic E-state index is 12.9. The second-order valence-corrected chi connectivity index (χ2v) is 8.58. The monoisotopic (exact) mass is 455 g/mol. The fourth-order valence-electron chi connectivity index (χ4n) is 3.70. The van der Waals surface area contributed by atoms with Crippen molar-refractivity contribution in [2.24, 2.45) is 0 Å². The van der Waals surface area contributed by atoms with Crippen LogP contribution in [0, 0.1) is 0 Å². The molecule has 1 unspecified atom stereocenters. The first-order chi connectivity index (χ1) is 16.5. The highest BCUT2D eigenvalue weighted by Gasteiger charge is 2.24. The molecule has 4 heterocycles. The number of carbonyl (C=O) groups excluding carboxylic acids is 1. The molecule has 9 nitrogen and oxygen atoms in total. The van der Waals surface area contributed by atoms with E-state index in [-0.39, 0.29) is 17.6 Å². The number of aromatic nitrogens is 6. The summed E-state index contributed by atoms with van der Waals surface area (Å²) >= 11 is 0. The standard InChI is InChI=1S/C25H25N7O2/c1-15(16(2)33)32-14-28-31-24(32)21-4-3-5-23(29-21)30-25(34)22-12-18(10-11-26-22)19-8-9-20(27-13-19)17-6-7-17/h3-5,8-17,33H,6-7H2,1-2H3,(H,29,30,34)/t15-,16?/m1/s1. The molecular weight excluding hydrogens is 430 g/mol. The smallest absolute Gasteiger partial charge is 0.275 e. The number of aliphatic hydroxyl groups is 1. The van der Waals surface area contributed by atoms with Gasteiger partial charge < -0.3 is 15.0 Å². The molecular formula is C25H25N7O2. The van der Waals surface area contributed by atoms with Gasteiger partial charge in [0.05, 0.1) is 12.1 Å². The van der Waals surface area contributed by atoms with Gasteiger partial charge in [0.25, 0.3) is 5.91 Å². The molecule has 1 saturated carbocycles. The van der Waals surface area contributed by atoms with Crippen molar-refractivity contribution >= 4 is 11.7 Å². The largest absolute Gasteiger partial charge is 0.391 e. The van der Waals surface area contributed by atoms with Crippen molar-refractivity contribution < 1.29 is 9.90 Å². The Morgan fingerprint density at radius 2 is 1.97 bits per heavy atom. The van der Waals surface area contributed by atoms with Crippen LogP contribution in [0.5, 0.6) is 0 Å². The van der Waals surface area contributed by atoms with E-state index >= 15 is 0 Å². The Labute approximate surface area is 197 Å². The quantitative estimate of drug-likeness (QED) is 0.434. The zero-order chi connectivity index (χ0) is 23.7. The van der Waals surface area contributed by atoms with E-state index in [1.165, 1.54) is 12.8 Å². The van der Waals surface area contributed by atoms with E-state index in [0.29, 0.717) is 23.3 Å². The van der Waals surface area contributed by atoms with Crippen molar-refractivity contribution in [3.63, 3.8) is 0 Å². The Morgan fingerprint density at radius 1 is 1.12 bits per heavy atom. The number of rotatable bonds is 7. The molecule has 2 atom stereocenters. The molecule has 1 amide bonds. The highest BCUT2D eigenvalue weighted by molar-refractivity contribution is 6.03. The zero-order valence-corrected chi connectivity index (χ0v) is 19.0. The lowest BCUT2D eigenvalue weighted by Crippen LogP contribution is -2.19. The summed E-state index contributed by atoms with van der Waals surface area (Å²) in [6.45, 7) is 3.58. The second kappa shape index (κ2) is 9.11. The van der Waals surface area contributed by atoms with Crippen LogP contribution in [0.2, 0.25) is 0 Å². The van der Waals surface area contributed by atoms with Crippen LogP contribution in [-0.2, 0) is 0 Å². The third kappa shape index (κ3) is 4.55. The summed E-state index contributed by atoms with van der Waals surface area (Å²) < 4.78 is 1.76. The Bertz CT molecular complexity index is 1310. The maximum atomic E-state index is 12.9. The molecule has 2 N–H and O–H groups in total. The van der Waals surface area contributed by atoms with Gasteiger partial charge in [-0.05, 0) is 62.6 Å². The van der Waals surface area contributed by atoms with Gasteiger partial charge in [-0.2, -0.15) is 0 Å². The van der Waals surface area contributed by atoms with Gasteiger partial charge >= 0.3 is 0 Å². The molecule has 1 aliphatic rings. The van der Waals surface area contributed by atoms with E-state index in [1.54, 1.807) is 48.3 Å². The predicted octanol–water partition coefficient (Wildman–Crippen LogP) is 3.87. The van der Waals surface area contributed by atoms with Crippen molar-refractivity contribution in [1.82, 2.24) is 29.7 Å². The first-order valence-electron chi connectivity index (χ1n) is 11.3. The number of amides is 1. The number of aliphatic hydroxyl groups excluding tert-OH is 1. The molecule has 4 aromatic heterocycles. The first kappa shape index (κ1) is 21.8. The number of carbonyl (C=O) groups is 1. The highest BCUT2D eigenvalue weighted by Crippen LogP contribution is 2.39. The fraction of sp³-hybridized carbons (Fsp3) is 0.280. The van der Waals surface area contributed by atoms with Crippen LogP contribution in [-0.4, -0.2) is 46.8 Å². The van der Waals surface area contributed by atoms with Crippen LogP contribution >= 0.6 is 0 Å². The van der Waals surface area contributed by atoms with Crippen LogP contribution < -0.4 is 5.32 Å². The topological polar surface area (TPSA) is 119 Å². The average molecular weight is 456 g/mol. The van der Waals surface area contributed by atoms with E-state index in [2.05, 4.69) is 36.5 Å². The summed E-state index contributed by atoms with van der Waals surface area (Å²) in [5, 5.41) is 20.9. The normalized spacial score (nSPS) is 15.0. The Morgan fingerprint density at radius 3 is 2.71 bits per heavy atom. The Hall–Kier alpha value is -3.98. The van der Waals surface area contributed by atoms with E-state index in [1.807, 2.05) is 25.3 Å². The molecule has 0 aromatic carbocycles. The lowest BCUT2D eigenvalue weighted by Gasteiger charge is -2.17. The summed E-state index contributed by atoms with van der Waals surface area (Å²) in [6.07, 6.45) is 6.85. The van der Waals surface area contributed by atoms with Gasteiger partial charge in [-0.25, -0.2) is 4.98 Å². The maximum Gasteiger partial charge on any atom is 0.275 e. The van der Waals surface area contributed by atoms with Gasteiger partial charge in [0.2, 0.25) is 0 Å². The van der Waals surface area contributed by atoms with E-state index < -0.39 is 6.10 Å². The molecule has 0 saturated heterocycles. The number of pyridine rings is 3. The zero-order valence-electron chi connectivity index (χ0n) is 19.0. The average Bonchev–Trinajstić information content (AvgIpc) is 3.60. The van der Waals surface area contributed by atoms with E-state index in [4.69, 9.17) is 0 Å². The van der Waals surface area contributed by atoms with E-state index in [0.717, 1.165) is 16.8 Å². The van der Waals surface area contributed by atoms with Crippen LogP contribution in [0.15, 0.2) is 61.2 Å². The lowest BCUT2D eigenvalue weighted by molar-refractivity contribution is 0.102. The summed E-state index contributed by atoms with van der Waals surface area (Å²) in [7, 11) is 0. The van der Waals surface area contributed by atoms with Crippen LogP contribution in [0.3, 0.4) is 0 Å². The molecule has 1 fully saturated rings. The number of hydrogen-bond donors (Lipinski definition) is 2. The van der Waals surface area contributed by atoms with Crippen molar-refractivity contribution in [2.75, 3.05) is 5.32 Å². The van der Waals surface area contributed by atoms with Crippen molar-refractivity contribution in [1.29, 1.82) is 0 Å². The molecule has 0 radical (unpaired) electrons. The third-order valence-electron chi connectivity index (χ3n) is 6.04. The van der Waals surface area contributed by atoms with Crippen molar-refractivity contribution in [2.45, 2.75) is 44.8 Å². The van der Waals surface area contributed by atoms with Gasteiger partial charge in [-0.3, -0.25) is 14.8 Å². The minimum absolute atomic E-state index is 0.232. The number of anilines is 1. The van der Waals surface area contributed by atoms with Crippen molar-refractivity contribution in [3.8, 4) is 22.6 Å². The Balaban J connectivity index is 1.34. The molecule has 4 aromatic rings. The van der Waals surface area contributed by atoms with Gasteiger partial charge in [-0.15, -0.1) is 10.2 Å². The highest BCUT2D eigenvalue weighted by atomic mass is 16.3. The Kier molecular flexibility index (Phi) is 5.85. The molecule has 34 heavy (non-hydrogen) atoms. The SMILES string of the molecule is CC(O)[C@@H](C)n1cnnc1-c1cccc(NC(=O)c2cc(-c3ccc(C4CC4)nc3)ccn2)n1.